The summed E-state index contributed by atoms with van der Waals surface area (Å²) in [4.78, 5) is 0.324. The van der Waals surface area contributed by atoms with Gasteiger partial charge in [0.15, 0.2) is 0 Å². The Bertz CT molecular complexity index is 552. The second kappa shape index (κ2) is 7.35. The van der Waals surface area contributed by atoms with Crippen molar-refractivity contribution in [1.82, 2.24) is 10.0 Å². The maximum Gasteiger partial charge on any atom is 0.240 e. The minimum absolute atomic E-state index is 0.283. The maximum absolute atomic E-state index is 12.3. The van der Waals surface area contributed by atoms with Gasteiger partial charge in [-0.3, -0.25) is 0 Å². The molecule has 0 amide bonds. The van der Waals surface area contributed by atoms with Crippen LogP contribution >= 0.6 is 0 Å². The van der Waals surface area contributed by atoms with Crippen LogP contribution in [0.25, 0.3) is 0 Å². The normalized spacial score (nSPS) is 19.3. The van der Waals surface area contributed by atoms with E-state index in [1.54, 1.807) is 18.2 Å². The third-order valence-corrected chi connectivity index (χ3v) is 4.93. The van der Waals surface area contributed by atoms with Crippen molar-refractivity contribution in [2.24, 2.45) is 5.92 Å². The van der Waals surface area contributed by atoms with Crippen molar-refractivity contribution >= 4 is 10.0 Å². The Balaban J connectivity index is 1.99. The minimum atomic E-state index is -3.44. The van der Waals surface area contributed by atoms with Crippen LogP contribution in [-0.4, -0.2) is 34.2 Å². The Morgan fingerprint density at radius 3 is 2.86 bits per heavy atom. The molecule has 1 fully saturated rings. The molecule has 21 heavy (non-hydrogen) atoms. The zero-order valence-corrected chi connectivity index (χ0v) is 13.4. The van der Waals surface area contributed by atoms with E-state index < -0.39 is 10.0 Å². The summed E-state index contributed by atoms with van der Waals surface area (Å²) >= 11 is 0. The largest absolute Gasteiger partial charge is 0.381 e. The standard InChI is InChI=1S/C15H24N2O3S/c1-12(2)16-9-13-4-3-5-15(8-13)21(18,19)17-10-14-6-7-20-11-14/h3-5,8,12,14,16-17H,6-7,9-11H2,1-2H3. The van der Waals surface area contributed by atoms with Crippen molar-refractivity contribution in [2.45, 2.75) is 37.8 Å². The van der Waals surface area contributed by atoms with Crippen LogP contribution in [-0.2, 0) is 21.3 Å². The lowest BCUT2D eigenvalue weighted by Gasteiger charge is -2.12. The van der Waals surface area contributed by atoms with Crippen LogP contribution in [0.3, 0.4) is 0 Å². The highest BCUT2D eigenvalue weighted by atomic mass is 32.2. The molecule has 1 unspecified atom stereocenters. The second-order valence-corrected chi connectivity index (χ2v) is 7.53. The van der Waals surface area contributed by atoms with E-state index in [-0.39, 0.29) is 5.92 Å². The first-order valence-electron chi connectivity index (χ1n) is 7.37. The molecule has 1 saturated heterocycles. The first-order valence-corrected chi connectivity index (χ1v) is 8.85. The molecule has 118 valence electrons. The topological polar surface area (TPSA) is 67.4 Å². The Hall–Kier alpha value is -0.950. The van der Waals surface area contributed by atoms with Crippen LogP contribution < -0.4 is 10.0 Å². The maximum atomic E-state index is 12.3. The van der Waals surface area contributed by atoms with E-state index in [9.17, 15) is 8.42 Å². The van der Waals surface area contributed by atoms with Gasteiger partial charge in [0.25, 0.3) is 0 Å². The number of benzene rings is 1. The van der Waals surface area contributed by atoms with E-state index in [0.29, 0.717) is 30.6 Å². The molecule has 0 radical (unpaired) electrons. The number of sulfonamides is 1. The van der Waals surface area contributed by atoms with Crippen molar-refractivity contribution in [1.29, 1.82) is 0 Å². The molecule has 6 heteroatoms. The summed E-state index contributed by atoms with van der Waals surface area (Å²) in [5.41, 5.74) is 0.968. The molecule has 0 saturated carbocycles. The van der Waals surface area contributed by atoms with Crippen molar-refractivity contribution in [3.05, 3.63) is 29.8 Å². The predicted octanol–water partition coefficient (Wildman–Crippen LogP) is 1.50. The molecule has 0 bridgehead atoms. The number of hydrogen-bond acceptors (Lipinski definition) is 4. The van der Waals surface area contributed by atoms with Crippen molar-refractivity contribution in [3.8, 4) is 0 Å². The van der Waals surface area contributed by atoms with Crippen LogP contribution in [0.5, 0.6) is 0 Å². The molecule has 1 aromatic rings. The highest BCUT2D eigenvalue weighted by molar-refractivity contribution is 7.89. The molecule has 0 aromatic heterocycles. The Morgan fingerprint density at radius 1 is 1.38 bits per heavy atom. The highest BCUT2D eigenvalue weighted by Crippen LogP contribution is 2.15. The smallest absolute Gasteiger partial charge is 0.240 e. The molecule has 1 aliphatic heterocycles. The van der Waals surface area contributed by atoms with Crippen molar-refractivity contribution < 1.29 is 13.2 Å². The summed E-state index contributed by atoms with van der Waals surface area (Å²) in [6, 6.07) is 7.43. The second-order valence-electron chi connectivity index (χ2n) is 5.76. The van der Waals surface area contributed by atoms with Crippen LogP contribution in [0.2, 0.25) is 0 Å². The lowest BCUT2D eigenvalue weighted by Crippen LogP contribution is -2.29. The number of nitrogens with one attached hydrogen (secondary N) is 2. The van der Waals surface area contributed by atoms with Crippen LogP contribution in [0.4, 0.5) is 0 Å². The average Bonchev–Trinajstić information content (AvgIpc) is 2.97. The molecule has 1 atom stereocenters. The average molecular weight is 312 g/mol. The highest BCUT2D eigenvalue weighted by Gasteiger charge is 2.20. The third kappa shape index (κ3) is 5.07. The first-order chi connectivity index (χ1) is 9.97. The molecule has 0 aliphatic carbocycles. The molecular formula is C15H24N2O3S. The van der Waals surface area contributed by atoms with Crippen LogP contribution in [0.15, 0.2) is 29.2 Å². The SMILES string of the molecule is CC(C)NCc1cccc(S(=O)(=O)NCC2CCOC2)c1. The van der Waals surface area contributed by atoms with E-state index in [1.165, 1.54) is 0 Å². The van der Waals surface area contributed by atoms with E-state index in [1.807, 2.05) is 6.07 Å². The third-order valence-electron chi connectivity index (χ3n) is 3.51. The van der Waals surface area contributed by atoms with Gasteiger partial charge in [-0.05, 0) is 30.0 Å². The molecule has 1 aromatic carbocycles. The van der Waals surface area contributed by atoms with Gasteiger partial charge < -0.3 is 10.1 Å². The van der Waals surface area contributed by atoms with E-state index in [0.717, 1.165) is 18.6 Å². The molecule has 2 N–H and O–H groups in total. The zero-order chi connectivity index (χ0) is 15.3. The van der Waals surface area contributed by atoms with Gasteiger partial charge in [-0.15, -0.1) is 0 Å². The van der Waals surface area contributed by atoms with Gasteiger partial charge in [-0.1, -0.05) is 26.0 Å². The number of hydrogen-bond donors (Lipinski definition) is 2. The van der Waals surface area contributed by atoms with Gasteiger partial charge in [0, 0.05) is 25.7 Å². The molecular weight excluding hydrogens is 288 g/mol. The zero-order valence-electron chi connectivity index (χ0n) is 12.6. The fraction of sp³-hybridized carbons (Fsp3) is 0.600. The van der Waals surface area contributed by atoms with Gasteiger partial charge in [-0.25, -0.2) is 13.1 Å². The van der Waals surface area contributed by atoms with E-state index >= 15 is 0 Å². The van der Waals surface area contributed by atoms with Gasteiger partial charge in [0.1, 0.15) is 0 Å². The molecule has 1 aliphatic rings. The first kappa shape index (κ1) is 16.4. The fourth-order valence-electron chi connectivity index (χ4n) is 2.20. The monoisotopic (exact) mass is 312 g/mol. The number of ether oxygens (including phenoxy) is 1. The quantitative estimate of drug-likeness (QED) is 0.801. The van der Waals surface area contributed by atoms with Gasteiger partial charge in [-0.2, -0.15) is 0 Å². The molecule has 5 nitrogen and oxygen atoms in total. The summed E-state index contributed by atoms with van der Waals surface area (Å²) in [7, 11) is -3.44. The number of rotatable bonds is 7. The molecule has 0 spiro atoms. The van der Waals surface area contributed by atoms with E-state index in [2.05, 4.69) is 23.9 Å². The summed E-state index contributed by atoms with van der Waals surface area (Å²) in [5, 5.41) is 3.29. The van der Waals surface area contributed by atoms with E-state index in [4.69, 9.17) is 4.74 Å². The summed E-state index contributed by atoms with van der Waals surface area (Å²) in [6.45, 7) is 6.59. The fourth-order valence-corrected chi connectivity index (χ4v) is 3.39. The lowest BCUT2D eigenvalue weighted by atomic mass is 10.1. The summed E-state index contributed by atoms with van der Waals surface area (Å²) < 4.78 is 32.6. The predicted molar refractivity (Wildman–Crippen MR) is 82.5 cm³/mol. The van der Waals surface area contributed by atoms with Crippen molar-refractivity contribution in [3.63, 3.8) is 0 Å². The van der Waals surface area contributed by atoms with Crippen LogP contribution in [0.1, 0.15) is 25.8 Å². The summed E-state index contributed by atoms with van der Waals surface area (Å²) in [5.74, 6) is 0.283. The van der Waals surface area contributed by atoms with Gasteiger partial charge in [0.2, 0.25) is 10.0 Å². The Morgan fingerprint density at radius 2 is 2.19 bits per heavy atom. The Kier molecular flexibility index (Phi) is 5.75. The van der Waals surface area contributed by atoms with Crippen molar-refractivity contribution in [2.75, 3.05) is 19.8 Å². The molecule has 1 heterocycles. The Labute approximate surface area is 127 Å². The molecule has 2 rings (SSSR count). The van der Waals surface area contributed by atoms with Crippen LogP contribution in [0, 0.1) is 5.92 Å². The lowest BCUT2D eigenvalue weighted by molar-refractivity contribution is 0.186. The van der Waals surface area contributed by atoms with Gasteiger partial charge in [0.05, 0.1) is 11.5 Å². The summed E-state index contributed by atoms with van der Waals surface area (Å²) in [6.07, 6.45) is 0.918. The van der Waals surface area contributed by atoms with Gasteiger partial charge >= 0.3 is 0 Å². The minimum Gasteiger partial charge on any atom is -0.381 e.